The van der Waals surface area contributed by atoms with Gasteiger partial charge in [0.05, 0.1) is 11.0 Å². The summed E-state index contributed by atoms with van der Waals surface area (Å²) in [4.78, 5) is 0. The molecule has 1 fully saturated rings. The van der Waals surface area contributed by atoms with Crippen molar-refractivity contribution in [2.45, 2.75) is 38.1 Å². The number of fused-ring (bicyclic) bond motifs is 6. The molecule has 0 radical (unpaired) electrons. The number of benzene rings is 1. The second-order valence-electron chi connectivity index (χ2n) is 6.22. The smallest absolute Gasteiger partial charge is 0.190 e. The predicted molar refractivity (Wildman–Crippen MR) is 72.4 cm³/mol. The third-order valence-electron chi connectivity index (χ3n) is 5.24. The van der Waals surface area contributed by atoms with Gasteiger partial charge in [-0.2, -0.15) is 4.57 Å². The van der Waals surface area contributed by atoms with E-state index < -0.39 is 0 Å². The standard InChI is InChI=1S/C17H18N/c1-12-7-6-10-15-13-8-4-5-9-14(13)16(2)11-17(16,3)18(12)15/h4-10H,11H2,1-3H3/q+1. The molecule has 2 heterocycles. The van der Waals surface area contributed by atoms with E-state index in [1.54, 1.807) is 0 Å². The van der Waals surface area contributed by atoms with Gasteiger partial charge in [-0.15, -0.1) is 0 Å². The molecule has 4 rings (SSSR count). The van der Waals surface area contributed by atoms with Crippen molar-refractivity contribution in [3.8, 4) is 11.3 Å². The van der Waals surface area contributed by atoms with Crippen molar-refractivity contribution in [1.82, 2.24) is 0 Å². The second-order valence-corrected chi connectivity index (χ2v) is 6.22. The summed E-state index contributed by atoms with van der Waals surface area (Å²) in [6, 6.07) is 15.6. The van der Waals surface area contributed by atoms with Crippen LogP contribution < -0.4 is 4.57 Å². The van der Waals surface area contributed by atoms with Crippen LogP contribution in [0.2, 0.25) is 0 Å². The summed E-state index contributed by atoms with van der Waals surface area (Å²) >= 11 is 0. The van der Waals surface area contributed by atoms with E-state index in [9.17, 15) is 0 Å². The Morgan fingerprint density at radius 3 is 2.61 bits per heavy atom. The lowest BCUT2D eigenvalue weighted by Crippen LogP contribution is -2.54. The molecule has 1 nitrogen and oxygen atoms in total. The fourth-order valence-electron chi connectivity index (χ4n) is 4.03. The molecule has 0 amide bonds. The van der Waals surface area contributed by atoms with Gasteiger partial charge in [0.25, 0.3) is 0 Å². The lowest BCUT2D eigenvalue weighted by molar-refractivity contribution is -0.736. The van der Waals surface area contributed by atoms with E-state index in [0.29, 0.717) is 5.41 Å². The molecule has 18 heavy (non-hydrogen) atoms. The molecular weight excluding hydrogens is 218 g/mol. The van der Waals surface area contributed by atoms with E-state index in [1.165, 1.54) is 28.9 Å². The zero-order valence-electron chi connectivity index (χ0n) is 11.2. The molecule has 0 N–H and O–H groups in total. The summed E-state index contributed by atoms with van der Waals surface area (Å²) in [5.41, 5.74) is 6.27. The number of rotatable bonds is 0. The van der Waals surface area contributed by atoms with E-state index in [0.717, 1.165) is 0 Å². The Labute approximate surface area is 108 Å². The van der Waals surface area contributed by atoms with Gasteiger partial charge in [-0.25, -0.2) is 0 Å². The Hall–Kier alpha value is -1.63. The molecule has 1 saturated carbocycles. The van der Waals surface area contributed by atoms with Crippen LogP contribution in [0, 0.1) is 6.92 Å². The van der Waals surface area contributed by atoms with Crippen molar-refractivity contribution >= 4 is 0 Å². The highest BCUT2D eigenvalue weighted by atomic mass is 15.2. The highest BCUT2D eigenvalue weighted by molar-refractivity contribution is 5.67. The summed E-state index contributed by atoms with van der Waals surface area (Å²) in [7, 11) is 0. The minimum Gasteiger partial charge on any atom is -0.190 e. The van der Waals surface area contributed by atoms with Crippen molar-refractivity contribution < 1.29 is 4.57 Å². The molecule has 2 unspecified atom stereocenters. The fourth-order valence-corrected chi connectivity index (χ4v) is 4.03. The maximum absolute atomic E-state index is 2.55. The average Bonchev–Trinajstić information content (AvgIpc) is 2.95. The van der Waals surface area contributed by atoms with Crippen LogP contribution in [0.5, 0.6) is 0 Å². The summed E-state index contributed by atoms with van der Waals surface area (Å²) < 4.78 is 2.55. The zero-order chi connectivity index (χ0) is 12.5. The SMILES string of the molecule is Cc1cccc2[n+]1C1(C)CC1(C)c1ccccc1-2. The Morgan fingerprint density at radius 1 is 1.00 bits per heavy atom. The monoisotopic (exact) mass is 236 g/mol. The van der Waals surface area contributed by atoms with Crippen molar-refractivity contribution in [2.75, 3.05) is 0 Å². The van der Waals surface area contributed by atoms with Crippen LogP contribution in [0.15, 0.2) is 42.5 Å². The fraction of sp³-hybridized carbons (Fsp3) is 0.353. The largest absolute Gasteiger partial charge is 0.213 e. The second kappa shape index (κ2) is 2.85. The molecule has 2 atom stereocenters. The zero-order valence-corrected chi connectivity index (χ0v) is 11.2. The van der Waals surface area contributed by atoms with Gasteiger partial charge in [-0.3, -0.25) is 0 Å². The maximum Gasteiger partial charge on any atom is 0.213 e. The van der Waals surface area contributed by atoms with Gasteiger partial charge in [0.15, 0.2) is 11.2 Å². The quantitative estimate of drug-likeness (QED) is 0.618. The Balaban J connectivity index is 2.16. The number of pyridine rings is 1. The minimum atomic E-state index is 0.266. The normalized spacial score (nSPS) is 31.3. The van der Waals surface area contributed by atoms with Crippen LogP contribution in [-0.4, -0.2) is 0 Å². The summed E-state index contributed by atoms with van der Waals surface area (Å²) in [6.45, 7) is 7.04. The van der Waals surface area contributed by atoms with Gasteiger partial charge in [0, 0.05) is 32.4 Å². The van der Waals surface area contributed by atoms with Gasteiger partial charge in [0.2, 0.25) is 5.69 Å². The van der Waals surface area contributed by atoms with Crippen LogP contribution in [-0.2, 0) is 11.0 Å². The molecule has 0 spiro atoms. The van der Waals surface area contributed by atoms with E-state index in [2.05, 4.69) is 67.8 Å². The predicted octanol–water partition coefficient (Wildman–Crippen LogP) is 3.34. The topological polar surface area (TPSA) is 3.88 Å². The molecule has 2 aliphatic rings. The van der Waals surface area contributed by atoms with Gasteiger partial charge >= 0.3 is 0 Å². The molecule has 0 bridgehead atoms. The Kier molecular flexibility index (Phi) is 1.63. The van der Waals surface area contributed by atoms with Gasteiger partial charge < -0.3 is 0 Å². The first kappa shape index (κ1) is 10.3. The highest BCUT2D eigenvalue weighted by Gasteiger charge is 2.73. The van der Waals surface area contributed by atoms with Gasteiger partial charge in [0.1, 0.15) is 0 Å². The Bertz CT molecular complexity index is 673. The summed E-state index contributed by atoms with van der Waals surface area (Å²) in [5, 5.41) is 0. The van der Waals surface area contributed by atoms with Crippen LogP contribution >= 0.6 is 0 Å². The van der Waals surface area contributed by atoms with Crippen LogP contribution in [0.25, 0.3) is 11.3 Å². The van der Waals surface area contributed by atoms with Gasteiger partial charge in [-0.05, 0) is 24.6 Å². The van der Waals surface area contributed by atoms with Crippen LogP contribution in [0.3, 0.4) is 0 Å². The number of nitrogens with zero attached hydrogens (tertiary/aromatic N) is 1. The van der Waals surface area contributed by atoms with Crippen molar-refractivity contribution in [2.24, 2.45) is 0 Å². The first-order valence-corrected chi connectivity index (χ1v) is 6.70. The lowest BCUT2D eigenvalue weighted by atomic mass is 9.84. The summed E-state index contributed by atoms with van der Waals surface area (Å²) in [5.74, 6) is 0. The minimum absolute atomic E-state index is 0.266. The first-order valence-electron chi connectivity index (χ1n) is 6.70. The van der Waals surface area contributed by atoms with E-state index in [-0.39, 0.29) is 5.54 Å². The number of hydrogen-bond donors (Lipinski definition) is 0. The lowest BCUT2D eigenvalue weighted by Gasteiger charge is -2.26. The highest BCUT2D eigenvalue weighted by Crippen LogP contribution is 2.63. The number of aryl methyl sites for hydroxylation is 1. The van der Waals surface area contributed by atoms with E-state index in [4.69, 9.17) is 0 Å². The first-order chi connectivity index (χ1) is 8.58. The van der Waals surface area contributed by atoms with Crippen molar-refractivity contribution in [3.63, 3.8) is 0 Å². The molecule has 2 aromatic rings. The summed E-state index contributed by atoms with van der Waals surface area (Å²) in [6.07, 6.45) is 1.25. The van der Waals surface area contributed by atoms with Gasteiger partial charge in [-0.1, -0.05) is 18.2 Å². The van der Waals surface area contributed by atoms with Crippen LogP contribution in [0.4, 0.5) is 0 Å². The average molecular weight is 236 g/mol. The van der Waals surface area contributed by atoms with Crippen LogP contribution in [0.1, 0.15) is 31.5 Å². The molecule has 1 aromatic carbocycles. The molecule has 0 saturated heterocycles. The molecule has 1 aromatic heterocycles. The molecular formula is C17H18N+. The van der Waals surface area contributed by atoms with Crippen molar-refractivity contribution in [3.05, 3.63) is 53.7 Å². The molecule has 1 aliphatic carbocycles. The number of hydrogen-bond acceptors (Lipinski definition) is 0. The maximum atomic E-state index is 2.55. The third-order valence-corrected chi connectivity index (χ3v) is 5.24. The number of aromatic nitrogens is 1. The molecule has 1 heteroatoms. The van der Waals surface area contributed by atoms with Crippen molar-refractivity contribution in [1.29, 1.82) is 0 Å². The molecule has 90 valence electrons. The third kappa shape index (κ3) is 0.937. The van der Waals surface area contributed by atoms with E-state index >= 15 is 0 Å². The van der Waals surface area contributed by atoms with E-state index in [1.807, 2.05) is 0 Å². The Morgan fingerprint density at radius 2 is 1.78 bits per heavy atom. The molecule has 1 aliphatic heterocycles.